The van der Waals surface area contributed by atoms with E-state index in [1.807, 2.05) is 48.5 Å². The van der Waals surface area contributed by atoms with Crippen LogP contribution in [0.2, 0.25) is 0 Å². The van der Waals surface area contributed by atoms with Gasteiger partial charge in [0, 0.05) is 16.8 Å². The Morgan fingerprint density at radius 1 is 0.923 bits per heavy atom. The van der Waals surface area contributed by atoms with Crippen molar-refractivity contribution in [1.82, 2.24) is 9.97 Å². The molecule has 1 aliphatic heterocycles. The normalized spacial score (nSPS) is 12.2. The topological polar surface area (TPSA) is 94.7 Å². The van der Waals surface area contributed by atoms with Crippen molar-refractivity contribution in [2.75, 3.05) is 25.3 Å². The Balaban J connectivity index is 1.97. The minimum atomic E-state index is 0.119. The Hall–Kier alpha value is -3.61. The SMILES string of the molecule is COc1ccc(C2=Nc3c(nc(N)nc3OC)Nc3ccccc32)cc1. The number of aromatic nitrogens is 2. The number of nitrogens with one attached hydrogen (secondary N) is 1. The van der Waals surface area contributed by atoms with Crippen molar-refractivity contribution in [2.45, 2.75) is 0 Å². The molecule has 130 valence electrons. The molecule has 0 fully saturated rings. The molecule has 0 radical (unpaired) electrons. The van der Waals surface area contributed by atoms with Crippen molar-refractivity contribution in [3.8, 4) is 11.6 Å². The van der Waals surface area contributed by atoms with E-state index in [1.165, 1.54) is 7.11 Å². The molecule has 0 unspecified atom stereocenters. The van der Waals surface area contributed by atoms with Gasteiger partial charge in [-0.15, -0.1) is 0 Å². The number of hydrogen-bond acceptors (Lipinski definition) is 7. The molecule has 2 aromatic carbocycles. The van der Waals surface area contributed by atoms with Gasteiger partial charge in [-0.2, -0.15) is 9.97 Å². The fraction of sp³-hybridized carbons (Fsp3) is 0.105. The summed E-state index contributed by atoms with van der Waals surface area (Å²) in [6, 6.07) is 15.6. The van der Waals surface area contributed by atoms with E-state index in [0.29, 0.717) is 17.4 Å². The second-order valence-electron chi connectivity index (χ2n) is 5.65. The van der Waals surface area contributed by atoms with Crippen molar-refractivity contribution < 1.29 is 9.47 Å². The van der Waals surface area contributed by atoms with Gasteiger partial charge in [-0.3, -0.25) is 0 Å². The largest absolute Gasteiger partial charge is 0.497 e. The van der Waals surface area contributed by atoms with Gasteiger partial charge in [0.15, 0.2) is 11.5 Å². The van der Waals surface area contributed by atoms with Crippen LogP contribution in [-0.4, -0.2) is 29.9 Å². The molecule has 26 heavy (non-hydrogen) atoms. The maximum absolute atomic E-state index is 5.80. The predicted octanol–water partition coefficient (Wildman–Crippen LogP) is 3.30. The minimum Gasteiger partial charge on any atom is -0.497 e. The van der Waals surface area contributed by atoms with E-state index in [0.717, 1.165) is 28.3 Å². The van der Waals surface area contributed by atoms with Crippen LogP contribution in [0.15, 0.2) is 53.5 Å². The Kier molecular flexibility index (Phi) is 3.89. The van der Waals surface area contributed by atoms with Gasteiger partial charge in [0.1, 0.15) is 5.75 Å². The minimum absolute atomic E-state index is 0.119. The molecule has 0 amide bonds. The number of nitrogens with zero attached hydrogens (tertiary/aromatic N) is 3. The molecule has 2 heterocycles. The molecular weight excluding hydrogens is 330 g/mol. The van der Waals surface area contributed by atoms with Crippen molar-refractivity contribution in [2.24, 2.45) is 4.99 Å². The van der Waals surface area contributed by atoms with Crippen LogP contribution in [0.3, 0.4) is 0 Å². The first-order valence-electron chi connectivity index (χ1n) is 8.00. The number of hydrogen-bond donors (Lipinski definition) is 2. The molecule has 0 atom stereocenters. The van der Waals surface area contributed by atoms with Crippen LogP contribution in [0.1, 0.15) is 11.1 Å². The third-order valence-corrected chi connectivity index (χ3v) is 4.08. The summed E-state index contributed by atoms with van der Waals surface area (Å²) < 4.78 is 10.6. The van der Waals surface area contributed by atoms with E-state index in [4.69, 9.17) is 20.2 Å². The third-order valence-electron chi connectivity index (χ3n) is 4.08. The van der Waals surface area contributed by atoms with Gasteiger partial charge >= 0.3 is 0 Å². The van der Waals surface area contributed by atoms with Gasteiger partial charge in [-0.1, -0.05) is 18.2 Å². The maximum atomic E-state index is 5.80. The molecule has 0 spiro atoms. The molecular formula is C19H17N5O2. The molecule has 0 saturated heterocycles. The molecule has 0 saturated carbocycles. The van der Waals surface area contributed by atoms with Crippen LogP contribution in [0.4, 0.5) is 23.1 Å². The summed E-state index contributed by atoms with van der Waals surface area (Å²) in [6.45, 7) is 0. The van der Waals surface area contributed by atoms with Crippen LogP contribution in [0, 0.1) is 0 Å². The zero-order chi connectivity index (χ0) is 18.1. The van der Waals surface area contributed by atoms with Crippen molar-refractivity contribution in [3.05, 3.63) is 59.7 Å². The predicted molar refractivity (Wildman–Crippen MR) is 101 cm³/mol. The highest BCUT2D eigenvalue weighted by molar-refractivity contribution is 6.18. The molecule has 7 heteroatoms. The summed E-state index contributed by atoms with van der Waals surface area (Å²) in [5.41, 5.74) is 9.84. The van der Waals surface area contributed by atoms with Gasteiger partial charge in [-0.25, -0.2) is 4.99 Å². The quantitative estimate of drug-likeness (QED) is 0.590. The average Bonchev–Trinajstić information content (AvgIpc) is 2.84. The summed E-state index contributed by atoms with van der Waals surface area (Å²) in [5, 5.41) is 3.29. The summed E-state index contributed by atoms with van der Waals surface area (Å²) in [4.78, 5) is 13.3. The molecule has 3 aromatic rings. The van der Waals surface area contributed by atoms with Gasteiger partial charge in [-0.05, 0) is 30.3 Å². The lowest BCUT2D eigenvalue weighted by Gasteiger charge is -2.10. The lowest BCUT2D eigenvalue weighted by atomic mass is 10.0. The Labute approximate surface area is 150 Å². The lowest BCUT2D eigenvalue weighted by Crippen LogP contribution is -2.04. The monoisotopic (exact) mass is 347 g/mol. The molecule has 1 aromatic heterocycles. The number of fused-ring (bicyclic) bond motifs is 2. The summed E-state index contributed by atoms with van der Waals surface area (Å²) >= 11 is 0. The first-order valence-corrected chi connectivity index (χ1v) is 8.00. The number of nitrogen functional groups attached to an aromatic ring is 1. The number of methoxy groups -OCH3 is 2. The number of para-hydroxylation sites is 1. The van der Waals surface area contributed by atoms with E-state index >= 15 is 0 Å². The number of anilines is 3. The number of benzene rings is 2. The smallest absolute Gasteiger partial charge is 0.246 e. The Bertz CT molecular complexity index is 999. The zero-order valence-corrected chi connectivity index (χ0v) is 14.4. The highest BCUT2D eigenvalue weighted by Gasteiger charge is 2.22. The zero-order valence-electron chi connectivity index (χ0n) is 14.4. The molecule has 4 rings (SSSR count). The first-order chi connectivity index (χ1) is 12.7. The van der Waals surface area contributed by atoms with Crippen LogP contribution in [0.5, 0.6) is 11.6 Å². The maximum Gasteiger partial charge on any atom is 0.246 e. The highest BCUT2D eigenvalue weighted by atomic mass is 16.5. The van der Waals surface area contributed by atoms with E-state index in [9.17, 15) is 0 Å². The lowest BCUT2D eigenvalue weighted by molar-refractivity contribution is 0.399. The van der Waals surface area contributed by atoms with E-state index < -0.39 is 0 Å². The van der Waals surface area contributed by atoms with E-state index in [-0.39, 0.29) is 5.95 Å². The molecule has 1 aliphatic rings. The fourth-order valence-electron chi connectivity index (χ4n) is 2.85. The van der Waals surface area contributed by atoms with Crippen molar-refractivity contribution in [1.29, 1.82) is 0 Å². The van der Waals surface area contributed by atoms with Gasteiger partial charge in [0.25, 0.3) is 0 Å². The number of nitrogens with two attached hydrogens (primary N) is 1. The van der Waals surface area contributed by atoms with Crippen LogP contribution < -0.4 is 20.5 Å². The first kappa shape index (κ1) is 15.9. The summed E-state index contributed by atoms with van der Waals surface area (Å²) in [6.07, 6.45) is 0. The number of ether oxygens (including phenoxy) is 2. The van der Waals surface area contributed by atoms with Crippen LogP contribution >= 0.6 is 0 Å². The third kappa shape index (κ3) is 2.69. The Morgan fingerprint density at radius 3 is 2.42 bits per heavy atom. The number of rotatable bonds is 3. The van der Waals surface area contributed by atoms with Gasteiger partial charge < -0.3 is 20.5 Å². The summed E-state index contributed by atoms with van der Waals surface area (Å²) in [5.74, 6) is 1.72. The average molecular weight is 347 g/mol. The van der Waals surface area contributed by atoms with Crippen molar-refractivity contribution in [3.63, 3.8) is 0 Å². The van der Waals surface area contributed by atoms with Crippen LogP contribution in [0.25, 0.3) is 0 Å². The summed E-state index contributed by atoms with van der Waals surface area (Å²) in [7, 11) is 3.17. The molecule has 3 N–H and O–H groups in total. The Morgan fingerprint density at radius 2 is 1.69 bits per heavy atom. The molecule has 0 bridgehead atoms. The van der Waals surface area contributed by atoms with E-state index in [2.05, 4.69) is 15.3 Å². The number of aliphatic imine (C=N–C) groups is 1. The standard InChI is InChI=1S/C19H17N5O2/c1-25-12-9-7-11(8-10-12)15-13-5-3-4-6-14(13)21-17-16(22-15)18(26-2)24-19(20)23-17/h3-10H,1-2H3,(H3,20,21,23,24). The van der Waals surface area contributed by atoms with Crippen molar-refractivity contribution >= 4 is 28.9 Å². The van der Waals surface area contributed by atoms with E-state index in [1.54, 1.807) is 7.11 Å². The fourth-order valence-corrected chi connectivity index (χ4v) is 2.85. The molecule has 0 aliphatic carbocycles. The highest BCUT2D eigenvalue weighted by Crippen LogP contribution is 2.39. The van der Waals surface area contributed by atoms with Gasteiger partial charge in [0.2, 0.25) is 11.8 Å². The molecule has 7 nitrogen and oxygen atoms in total. The van der Waals surface area contributed by atoms with Crippen LogP contribution in [-0.2, 0) is 0 Å². The van der Waals surface area contributed by atoms with Gasteiger partial charge in [0.05, 0.1) is 19.9 Å². The second-order valence-corrected chi connectivity index (χ2v) is 5.65. The second kappa shape index (κ2) is 6.36.